The molecule has 2 heterocycles. The van der Waals surface area contributed by atoms with Crippen molar-refractivity contribution in [2.45, 2.75) is 6.54 Å². The van der Waals surface area contributed by atoms with Gasteiger partial charge in [0.15, 0.2) is 5.82 Å². The van der Waals surface area contributed by atoms with Crippen LogP contribution in [0.15, 0.2) is 24.3 Å². The fourth-order valence-electron chi connectivity index (χ4n) is 1.81. The van der Waals surface area contributed by atoms with Crippen molar-refractivity contribution in [3.63, 3.8) is 0 Å². The van der Waals surface area contributed by atoms with E-state index in [2.05, 4.69) is 24.8 Å². The molecule has 3 rings (SSSR count). The van der Waals surface area contributed by atoms with Crippen LogP contribution in [0, 0.1) is 0 Å². The first-order valence-electron chi connectivity index (χ1n) is 6.58. The molecule has 0 N–H and O–H groups in total. The Morgan fingerprint density at radius 1 is 1.32 bits per heavy atom. The van der Waals surface area contributed by atoms with E-state index in [0.717, 1.165) is 16.4 Å². The van der Waals surface area contributed by atoms with Crippen LogP contribution in [-0.4, -0.2) is 50.8 Å². The molecular weight excluding hydrogens is 302 g/mol. The Bertz CT molecular complexity index is 767. The molecule has 9 heteroatoms. The van der Waals surface area contributed by atoms with Crippen LogP contribution in [0.1, 0.15) is 5.82 Å². The highest BCUT2D eigenvalue weighted by molar-refractivity contribution is 7.09. The van der Waals surface area contributed by atoms with Gasteiger partial charge in [0, 0.05) is 31.2 Å². The maximum atomic E-state index is 5.20. The number of hydrogen-bond donors (Lipinski definition) is 0. The SMILES string of the molecule is COc1cccc(-c2nnn(Cc3nsc(N(C)C)n3)n2)c1. The average Bonchev–Trinajstić information content (AvgIpc) is 3.17. The largest absolute Gasteiger partial charge is 0.497 e. The van der Waals surface area contributed by atoms with Gasteiger partial charge in [0.25, 0.3) is 0 Å². The number of rotatable bonds is 5. The van der Waals surface area contributed by atoms with Gasteiger partial charge in [-0.2, -0.15) is 9.17 Å². The maximum Gasteiger partial charge on any atom is 0.205 e. The standard InChI is InChI=1S/C13H15N7OS/c1-19(2)13-14-11(17-22-13)8-20-16-12(15-18-20)9-5-4-6-10(7-9)21-3/h4-7H,8H2,1-3H3. The van der Waals surface area contributed by atoms with Crippen LogP contribution < -0.4 is 9.64 Å². The fraction of sp³-hybridized carbons (Fsp3) is 0.308. The van der Waals surface area contributed by atoms with E-state index < -0.39 is 0 Å². The van der Waals surface area contributed by atoms with Crippen molar-refractivity contribution in [2.24, 2.45) is 0 Å². The molecule has 1 aromatic carbocycles. The van der Waals surface area contributed by atoms with E-state index in [-0.39, 0.29) is 0 Å². The molecule has 0 radical (unpaired) electrons. The molecule has 0 fully saturated rings. The molecule has 114 valence electrons. The number of ether oxygens (including phenoxy) is 1. The van der Waals surface area contributed by atoms with Crippen molar-refractivity contribution in [3.05, 3.63) is 30.1 Å². The zero-order valence-electron chi connectivity index (χ0n) is 12.5. The van der Waals surface area contributed by atoms with E-state index in [0.29, 0.717) is 18.2 Å². The third-order valence-corrected chi connectivity index (χ3v) is 3.83. The topological polar surface area (TPSA) is 81.9 Å². The molecule has 0 aliphatic rings. The summed E-state index contributed by atoms with van der Waals surface area (Å²) < 4.78 is 9.48. The quantitative estimate of drug-likeness (QED) is 0.701. The highest BCUT2D eigenvalue weighted by Gasteiger charge is 2.10. The van der Waals surface area contributed by atoms with Gasteiger partial charge in [-0.15, -0.1) is 10.2 Å². The normalized spacial score (nSPS) is 10.7. The molecule has 0 aliphatic heterocycles. The average molecular weight is 317 g/mol. The van der Waals surface area contributed by atoms with Gasteiger partial charge < -0.3 is 9.64 Å². The monoisotopic (exact) mass is 317 g/mol. The molecule has 22 heavy (non-hydrogen) atoms. The first-order chi connectivity index (χ1) is 10.7. The molecule has 0 bridgehead atoms. The van der Waals surface area contributed by atoms with Crippen molar-refractivity contribution in [1.29, 1.82) is 0 Å². The summed E-state index contributed by atoms with van der Waals surface area (Å²) in [5.41, 5.74) is 0.853. The van der Waals surface area contributed by atoms with E-state index in [1.807, 2.05) is 43.3 Å². The molecule has 0 unspecified atom stereocenters. The predicted molar refractivity (Wildman–Crippen MR) is 83.1 cm³/mol. The highest BCUT2D eigenvalue weighted by Crippen LogP contribution is 2.20. The summed E-state index contributed by atoms with van der Waals surface area (Å²) in [5, 5.41) is 13.3. The molecule has 0 amide bonds. The van der Waals surface area contributed by atoms with E-state index in [4.69, 9.17) is 4.74 Å². The lowest BCUT2D eigenvalue weighted by Crippen LogP contribution is -2.09. The number of hydrogen-bond acceptors (Lipinski definition) is 8. The van der Waals surface area contributed by atoms with Crippen LogP contribution >= 0.6 is 11.5 Å². The number of benzene rings is 1. The molecule has 0 atom stereocenters. The number of tetrazole rings is 1. The Balaban J connectivity index is 1.78. The van der Waals surface area contributed by atoms with E-state index in [1.165, 1.54) is 16.3 Å². The predicted octanol–water partition coefficient (Wildman–Crippen LogP) is 1.31. The van der Waals surface area contributed by atoms with Gasteiger partial charge >= 0.3 is 0 Å². The summed E-state index contributed by atoms with van der Waals surface area (Å²) in [6, 6.07) is 7.54. The van der Waals surface area contributed by atoms with Gasteiger partial charge in [0.2, 0.25) is 11.0 Å². The van der Waals surface area contributed by atoms with Gasteiger partial charge in [-0.25, -0.2) is 4.98 Å². The van der Waals surface area contributed by atoms with Gasteiger partial charge in [-0.1, -0.05) is 12.1 Å². The third kappa shape index (κ3) is 3.03. The van der Waals surface area contributed by atoms with Crippen LogP contribution in [0.25, 0.3) is 11.4 Å². The minimum Gasteiger partial charge on any atom is -0.497 e. The molecular formula is C13H15N7OS. The minimum atomic E-state index is 0.390. The first-order valence-corrected chi connectivity index (χ1v) is 7.35. The summed E-state index contributed by atoms with van der Waals surface area (Å²) in [6.45, 7) is 0.390. The lowest BCUT2D eigenvalue weighted by Gasteiger charge is -2.04. The molecule has 0 aliphatic carbocycles. The highest BCUT2D eigenvalue weighted by atomic mass is 32.1. The lowest BCUT2D eigenvalue weighted by atomic mass is 10.2. The van der Waals surface area contributed by atoms with Crippen LogP contribution in [0.2, 0.25) is 0 Å². The van der Waals surface area contributed by atoms with Gasteiger partial charge in [0.05, 0.1) is 7.11 Å². The van der Waals surface area contributed by atoms with E-state index in [9.17, 15) is 0 Å². The van der Waals surface area contributed by atoms with Crippen molar-refractivity contribution >= 4 is 16.7 Å². The molecule has 0 saturated heterocycles. The Kier molecular flexibility index (Phi) is 3.96. The van der Waals surface area contributed by atoms with Gasteiger partial charge in [0.1, 0.15) is 12.3 Å². The van der Waals surface area contributed by atoms with Gasteiger partial charge in [-0.3, -0.25) is 0 Å². The Labute approximate surface area is 131 Å². The van der Waals surface area contributed by atoms with Gasteiger partial charge in [-0.05, 0) is 17.3 Å². The van der Waals surface area contributed by atoms with E-state index in [1.54, 1.807) is 7.11 Å². The molecule has 2 aromatic heterocycles. The zero-order valence-corrected chi connectivity index (χ0v) is 13.3. The zero-order chi connectivity index (χ0) is 15.5. The van der Waals surface area contributed by atoms with Crippen LogP contribution in [0.5, 0.6) is 5.75 Å². The summed E-state index contributed by atoms with van der Waals surface area (Å²) in [6.07, 6.45) is 0. The smallest absolute Gasteiger partial charge is 0.205 e. The lowest BCUT2D eigenvalue weighted by molar-refractivity contribution is 0.415. The summed E-state index contributed by atoms with van der Waals surface area (Å²) in [5.74, 6) is 1.97. The van der Waals surface area contributed by atoms with Crippen molar-refractivity contribution < 1.29 is 4.74 Å². The summed E-state index contributed by atoms with van der Waals surface area (Å²) in [4.78, 5) is 7.80. The number of methoxy groups -OCH3 is 1. The molecule has 0 saturated carbocycles. The Morgan fingerprint density at radius 3 is 2.91 bits per heavy atom. The number of aromatic nitrogens is 6. The van der Waals surface area contributed by atoms with Crippen LogP contribution in [-0.2, 0) is 6.54 Å². The number of nitrogens with zero attached hydrogens (tertiary/aromatic N) is 7. The molecule has 0 spiro atoms. The minimum absolute atomic E-state index is 0.390. The van der Waals surface area contributed by atoms with Crippen molar-refractivity contribution in [3.8, 4) is 17.1 Å². The second-order valence-corrected chi connectivity index (χ2v) is 5.49. The molecule has 3 aromatic rings. The first kappa shape index (κ1) is 14.4. The second-order valence-electron chi connectivity index (χ2n) is 4.76. The molecule has 8 nitrogen and oxygen atoms in total. The fourth-order valence-corrected chi connectivity index (χ4v) is 2.40. The second kappa shape index (κ2) is 6.06. The summed E-state index contributed by atoms with van der Waals surface area (Å²) >= 11 is 1.34. The maximum absolute atomic E-state index is 5.20. The van der Waals surface area contributed by atoms with Crippen molar-refractivity contribution in [2.75, 3.05) is 26.1 Å². The van der Waals surface area contributed by atoms with Crippen LogP contribution in [0.3, 0.4) is 0 Å². The van der Waals surface area contributed by atoms with Crippen molar-refractivity contribution in [1.82, 2.24) is 29.6 Å². The third-order valence-electron chi connectivity index (χ3n) is 2.90. The number of anilines is 1. The Morgan fingerprint density at radius 2 is 2.18 bits per heavy atom. The van der Waals surface area contributed by atoms with E-state index >= 15 is 0 Å². The van der Waals surface area contributed by atoms with Crippen LogP contribution in [0.4, 0.5) is 5.13 Å². The Hall–Kier alpha value is -2.55. The summed E-state index contributed by atoms with van der Waals surface area (Å²) in [7, 11) is 5.48.